The smallest absolute Gasteiger partial charge is 0.410 e. The molecule has 1 aromatic rings. The second-order valence-electron chi connectivity index (χ2n) is 7.28. The summed E-state index contributed by atoms with van der Waals surface area (Å²) in [5.41, 5.74) is -0.352. The third-order valence-corrected chi connectivity index (χ3v) is 7.66. The molecule has 0 unspecified atom stereocenters. The zero-order valence-electron chi connectivity index (χ0n) is 14.8. The van der Waals surface area contributed by atoms with Crippen molar-refractivity contribution in [2.45, 2.75) is 43.2 Å². The Morgan fingerprint density at radius 2 is 1.96 bits per heavy atom. The molecule has 0 saturated carbocycles. The zero-order chi connectivity index (χ0) is 19.3. The lowest BCUT2D eigenvalue weighted by molar-refractivity contribution is 0.0593. The standard InChI is InChI=1S/C16H21ClN2O5S2/c1-16(2)9-24-15(21)19(16)10-4-6-18(7-5-10)14(20)13-12(17)11(8-25-13)26(3,22)23/h8,10H,4-7,9H2,1-3H3. The first-order valence-corrected chi connectivity index (χ1v) is 11.4. The number of carbonyl (C=O) groups excluding carboxylic acids is 2. The van der Waals surface area contributed by atoms with Crippen LogP contribution in [0, 0.1) is 0 Å². The molecule has 0 aromatic carbocycles. The molecule has 2 saturated heterocycles. The SMILES string of the molecule is CC1(C)COC(=O)N1C1CCN(C(=O)c2scc(S(C)(=O)=O)c2Cl)CC1. The minimum atomic E-state index is -3.47. The Labute approximate surface area is 161 Å². The number of likely N-dealkylation sites (tertiary alicyclic amines) is 1. The minimum absolute atomic E-state index is 0.00567. The zero-order valence-corrected chi connectivity index (χ0v) is 17.2. The summed E-state index contributed by atoms with van der Waals surface area (Å²) >= 11 is 7.17. The number of thiophene rings is 1. The summed E-state index contributed by atoms with van der Waals surface area (Å²) in [6.07, 6.45) is 2.05. The van der Waals surface area contributed by atoms with Gasteiger partial charge in [0.1, 0.15) is 11.5 Å². The van der Waals surface area contributed by atoms with E-state index in [1.165, 1.54) is 5.38 Å². The van der Waals surface area contributed by atoms with E-state index in [1.54, 1.807) is 9.80 Å². The maximum atomic E-state index is 12.7. The number of carbonyl (C=O) groups is 2. The Morgan fingerprint density at radius 3 is 2.42 bits per heavy atom. The lowest BCUT2D eigenvalue weighted by Gasteiger charge is -2.40. The van der Waals surface area contributed by atoms with Crippen molar-refractivity contribution in [2.24, 2.45) is 0 Å². The molecular weight excluding hydrogens is 400 g/mol. The van der Waals surface area contributed by atoms with Crippen molar-refractivity contribution in [3.63, 3.8) is 0 Å². The Bertz CT molecular complexity index is 841. The number of amides is 2. The molecule has 2 aliphatic heterocycles. The Kier molecular flexibility index (Phi) is 5.00. The molecule has 0 spiro atoms. The number of halogens is 1. The topological polar surface area (TPSA) is 84.0 Å². The van der Waals surface area contributed by atoms with E-state index in [0.29, 0.717) is 32.5 Å². The molecule has 0 bridgehead atoms. The lowest BCUT2D eigenvalue weighted by Crippen LogP contribution is -2.53. The van der Waals surface area contributed by atoms with Gasteiger partial charge in [0, 0.05) is 30.8 Å². The highest BCUT2D eigenvalue weighted by molar-refractivity contribution is 7.91. The second kappa shape index (κ2) is 6.69. The molecule has 0 N–H and O–H groups in total. The Balaban J connectivity index is 1.70. The molecule has 2 amide bonds. The predicted molar refractivity (Wildman–Crippen MR) is 98.6 cm³/mol. The third kappa shape index (κ3) is 3.44. The summed E-state index contributed by atoms with van der Waals surface area (Å²) in [6.45, 7) is 5.25. The molecule has 144 valence electrons. The number of nitrogens with zero attached hydrogens (tertiary/aromatic N) is 2. The van der Waals surface area contributed by atoms with Gasteiger partial charge < -0.3 is 9.64 Å². The van der Waals surface area contributed by atoms with Crippen LogP contribution in [0.3, 0.4) is 0 Å². The highest BCUT2D eigenvalue weighted by atomic mass is 35.5. The fourth-order valence-electron chi connectivity index (χ4n) is 3.46. The van der Waals surface area contributed by atoms with Gasteiger partial charge in [0.05, 0.1) is 15.5 Å². The first kappa shape index (κ1) is 19.4. The molecule has 3 rings (SSSR count). The van der Waals surface area contributed by atoms with E-state index in [1.807, 2.05) is 13.8 Å². The van der Waals surface area contributed by atoms with E-state index in [0.717, 1.165) is 17.6 Å². The van der Waals surface area contributed by atoms with E-state index in [4.69, 9.17) is 16.3 Å². The molecule has 2 aliphatic rings. The average Bonchev–Trinajstić information content (AvgIpc) is 3.06. The number of hydrogen-bond donors (Lipinski definition) is 0. The van der Waals surface area contributed by atoms with Gasteiger partial charge in [-0.15, -0.1) is 11.3 Å². The summed E-state index contributed by atoms with van der Waals surface area (Å²) in [5, 5.41) is 1.40. The van der Waals surface area contributed by atoms with E-state index in [-0.39, 0.29) is 38.4 Å². The Morgan fingerprint density at radius 1 is 1.35 bits per heavy atom. The van der Waals surface area contributed by atoms with Gasteiger partial charge in [0.15, 0.2) is 9.84 Å². The van der Waals surface area contributed by atoms with Crippen LogP contribution in [-0.2, 0) is 14.6 Å². The number of piperidine rings is 1. The van der Waals surface area contributed by atoms with Crippen molar-refractivity contribution in [2.75, 3.05) is 26.0 Å². The van der Waals surface area contributed by atoms with Crippen molar-refractivity contribution >= 4 is 44.8 Å². The highest BCUT2D eigenvalue weighted by Gasteiger charge is 2.45. The summed E-state index contributed by atoms with van der Waals surface area (Å²) < 4.78 is 28.6. The van der Waals surface area contributed by atoms with Gasteiger partial charge >= 0.3 is 6.09 Å². The van der Waals surface area contributed by atoms with Crippen LogP contribution in [0.2, 0.25) is 5.02 Å². The number of sulfone groups is 1. The largest absolute Gasteiger partial charge is 0.447 e. The fraction of sp³-hybridized carbons (Fsp3) is 0.625. The number of ether oxygens (including phenoxy) is 1. The van der Waals surface area contributed by atoms with Crippen LogP contribution in [0.15, 0.2) is 10.3 Å². The van der Waals surface area contributed by atoms with Crippen molar-refractivity contribution in [3.05, 3.63) is 15.3 Å². The van der Waals surface area contributed by atoms with Gasteiger partial charge in [-0.05, 0) is 26.7 Å². The average molecular weight is 421 g/mol. The molecule has 0 radical (unpaired) electrons. The van der Waals surface area contributed by atoms with Gasteiger partial charge in [-0.2, -0.15) is 0 Å². The molecule has 3 heterocycles. The van der Waals surface area contributed by atoms with Gasteiger partial charge in [-0.3, -0.25) is 9.69 Å². The number of cyclic esters (lactones) is 1. The fourth-order valence-corrected chi connectivity index (χ4v) is 6.34. The summed E-state index contributed by atoms with van der Waals surface area (Å²) in [4.78, 5) is 28.4. The minimum Gasteiger partial charge on any atom is -0.447 e. The predicted octanol–water partition coefficient (Wildman–Crippen LogP) is 2.64. The Hall–Kier alpha value is -1.32. The molecule has 7 nitrogen and oxygen atoms in total. The second-order valence-corrected chi connectivity index (χ2v) is 10.5. The van der Waals surface area contributed by atoms with Crippen LogP contribution < -0.4 is 0 Å². The maximum absolute atomic E-state index is 12.7. The molecule has 26 heavy (non-hydrogen) atoms. The maximum Gasteiger partial charge on any atom is 0.410 e. The number of rotatable bonds is 3. The van der Waals surface area contributed by atoms with Crippen molar-refractivity contribution in [1.82, 2.24) is 9.80 Å². The van der Waals surface area contributed by atoms with E-state index >= 15 is 0 Å². The van der Waals surface area contributed by atoms with Crippen LogP contribution in [0.4, 0.5) is 4.79 Å². The van der Waals surface area contributed by atoms with Crippen molar-refractivity contribution < 1.29 is 22.7 Å². The van der Waals surface area contributed by atoms with E-state index in [9.17, 15) is 18.0 Å². The van der Waals surface area contributed by atoms with Crippen molar-refractivity contribution in [1.29, 1.82) is 0 Å². The molecule has 0 atom stereocenters. The van der Waals surface area contributed by atoms with Gasteiger partial charge in [0.2, 0.25) is 0 Å². The van der Waals surface area contributed by atoms with Crippen LogP contribution >= 0.6 is 22.9 Å². The van der Waals surface area contributed by atoms with Crippen LogP contribution in [0.5, 0.6) is 0 Å². The van der Waals surface area contributed by atoms with E-state index in [2.05, 4.69) is 0 Å². The summed E-state index contributed by atoms with van der Waals surface area (Å²) in [6, 6.07) is 0.0226. The first-order chi connectivity index (χ1) is 12.0. The van der Waals surface area contributed by atoms with Gasteiger partial charge in [0.25, 0.3) is 5.91 Å². The molecule has 10 heteroatoms. The van der Waals surface area contributed by atoms with Crippen LogP contribution in [0.1, 0.15) is 36.4 Å². The van der Waals surface area contributed by atoms with Gasteiger partial charge in [-0.25, -0.2) is 13.2 Å². The van der Waals surface area contributed by atoms with Crippen molar-refractivity contribution in [3.8, 4) is 0 Å². The molecular formula is C16H21ClN2O5S2. The van der Waals surface area contributed by atoms with Gasteiger partial charge in [-0.1, -0.05) is 11.6 Å². The van der Waals surface area contributed by atoms with E-state index < -0.39 is 9.84 Å². The third-order valence-electron chi connectivity index (χ3n) is 4.81. The first-order valence-electron chi connectivity index (χ1n) is 8.25. The highest BCUT2D eigenvalue weighted by Crippen LogP contribution is 2.34. The monoisotopic (exact) mass is 420 g/mol. The number of hydrogen-bond acceptors (Lipinski definition) is 6. The van der Waals surface area contributed by atoms with Crippen LogP contribution in [-0.4, -0.2) is 67.8 Å². The lowest BCUT2D eigenvalue weighted by atomic mass is 9.97. The molecule has 0 aliphatic carbocycles. The quantitative estimate of drug-likeness (QED) is 0.750. The normalized spacial score (nSPS) is 21.2. The molecule has 2 fully saturated rings. The molecule has 1 aromatic heterocycles. The summed E-state index contributed by atoms with van der Waals surface area (Å²) in [5.74, 6) is -0.267. The van der Waals surface area contributed by atoms with Crippen LogP contribution in [0.25, 0.3) is 0 Å². The summed E-state index contributed by atoms with van der Waals surface area (Å²) in [7, 11) is -3.47.